The van der Waals surface area contributed by atoms with Gasteiger partial charge in [0, 0.05) is 12.0 Å². The lowest BCUT2D eigenvalue weighted by atomic mass is 9.47. The normalized spacial score (nSPS) is 43.2. The molecule has 2 unspecified atom stereocenters. The summed E-state index contributed by atoms with van der Waals surface area (Å²) in [4.78, 5) is 23.6. The number of carbonyl (C=O) groups is 2. The quantitative estimate of drug-likeness (QED) is 0.819. The summed E-state index contributed by atoms with van der Waals surface area (Å²) in [6.45, 7) is 2.00. The van der Waals surface area contributed by atoms with Gasteiger partial charge in [-0.25, -0.2) is 0 Å². The SMILES string of the molecule is CCCC(=O)NC12CC3CC(C1)CC(C(=O)O)(C3)C2. The predicted molar refractivity (Wildman–Crippen MR) is 70.5 cm³/mol. The Morgan fingerprint density at radius 1 is 1.21 bits per heavy atom. The van der Waals surface area contributed by atoms with Crippen LogP contribution in [0.4, 0.5) is 0 Å². The second-order valence-corrected chi connectivity index (χ2v) is 7.13. The summed E-state index contributed by atoms with van der Waals surface area (Å²) in [7, 11) is 0. The number of rotatable bonds is 4. The average molecular weight is 265 g/mol. The van der Waals surface area contributed by atoms with Gasteiger partial charge >= 0.3 is 5.97 Å². The topological polar surface area (TPSA) is 66.4 Å². The zero-order chi connectivity index (χ0) is 13.7. The third kappa shape index (κ3) is 2.05. The lowest BCUT2D eigenvalue weighted by Crippen LogP contribution is -2.64. The van der Waals surface area contributed by atoms with Crippen LogP contribution in [-0.4, -0.2) is 22.5 Å². The monoisotopic (exact) mass is 265 g/mol. The Hall–Kier alpha value is -1.06. The highest BCUT2D eigenvalue weighted by molar-refractivity contribution is 5.78. The fourth-order valence-corrected chi connectivity index (χ4v) is 5.24. The predicted octanol–water partition coefficient (Wildman–Crippen LogP) is 2.33. The Morgan fingerprint density at radius 3 is 2.37 bits per heavy atom. The summed E-state index contributed by atoms with van der Waals surface area (Å²) in [5.41, 5.74) is -0.766. The maximum Gasteiger partial charge on any atom is 0.309 e. The molecule has 4 rings (SSSR count). The fourth-order valence-electron chi connectivity index (χ4n) is 5.24. The Bertz CT molecular complexity index is 404. The molecule has 4 saturated carbocycles. The molecule has 4 fully saturated rings. The van der Waals surface area contributed by atoms with Crippen LogP contribution in [0.5, 0.6) is 0 Å². The molecule has 0 radical (unpaired) electrons. The van der Waals surface area contributed by atoms with E-state index in [4.69, 9.17) is 0 Å². The van der Waals surface area contributed by atoms with Crippen LogP contribution in [0.3, 0.4) is 0 Å². The maximum atomic E-state index is 11.9. The van der Waals surface area contributed by atoms with Crippen LogP contribution in [0.15, 0.2) is 0 Å². The molecule has 4 aliphatic carbocycles. The summed E-state index contributed by atoms with van der Waals surface area (Å²) in [6.07, 6.45) is 6.85. The molecule has 0 heterocycles. The molecule has 1 amide bonds. The summed E-state index contributed by atoms with van der Waals surface area (Å²) >= 11 is 0. The van der Waals surface area contributed by atoms with Crippen LogP contribution in [0.25, 0.3) is 0 Å². The van der Waals surface area contributed by atoms with Crippen molar-refractivity contribution in [1.82, 2.24) is 5.32 Å². The van der Waals surface area contributed by atoms with E-state index in [9.17, 15) is 14.7 Å². The lowest BCUT2D eigenvalue weighted by molar-refractivity contribution is -0.169. The molecule has 0 aliphatic heterocycles. The zero-order valence-electron chi connectivity index (χ0n) is 11.6. The molecule has 2 atom stereocenters. The molecular formula is C15H23NO3. The summed E-state index contributed by atoms with van der Waals surface area (Å²) < 4.78 is 0. The highest BCUT2D eigenvalue weighted by Gasteiger charge is 2.61. The molecule has 4 aliphatic rings. The van der Waals surface area contributed by atoms with Gasteiger partial charge in [-0.1, -0.05) is 6.92 Å². The van der Waals surface area contributed by atoms with E-state index in [0.29, 0.717) is 24.7 Å². The summed E-state index contributed by atoms with van der Waals surface area (Å²) in [5.74, 6) is 0.458. The molecule has 4 bridgehead atoms. The standard InChI is InChI=1S/C15H23NO3/c1-2-3-12(17)16-15-7-10-4-11(8-15)6-14(5-10,9-15)13(18)19/h10-11H,2-9H2,1H3,(H,16,17)(H,18,19). The Balaban J connectivity index is 1.83. The molecule has 4 heteroatoms. The van der Waals surface area contributed by atoms with Crippen molar-refractivity contribution in [3.05, 3.63) is 0 Å². The molecule has 0 aromatic carbocycles. The molecule has 0 spiro atoms. The molecule has 0 saturated heterocycles. The number of hydrogen-bond acceptors (Lipinski definition) is 2. The van der Waals surface area contributed by atoms with Crippen LogP contribution in [0.1, 0.15) is 58.3 Å². The van der Waals surface area contributed by atoms with E-state index in [1.165, 1.54) is 6.42 Å². The van der Waals surface area contributed by atoms with Crippen molar-refractivity contribution in [3.63, 3.8) is 0 Å². The minimum Gasteiger partial charge on any atom is -0.481 e. The van der Waals surface area contributed by atoms with E-state index in [0.717, 1.165) is 32.1 Å². The second kappa shape index (κ2) is 4.22. The molecule has 106 valence electrons. The van der Waals surface area contributed by atoms with Gasteiger partial charge in [0.15, 0.2) is 0 Å². The van der Waals surface area contributed by atoms with Crippen molar-refractivity contribution >= 4 is 11.9 Å². The highest BCUT2D eigenvalue weighted by atomic mass is 16.4. The summed E-state index contributed by atoms with van der Waals surface area (Å²) in [5, 5.41) is 12.8. The van der Waals surface area contributed by atoms with E-state index in [1.54, 1.807) is 0 Å². The molecule has 19 heavy (non-hydrogen) atoms. The lowest BCUT2D eigenvalue weighted by Gasteiger charge is -2.60. The molecule has 0 aromatic rings. The minimum atomic E-state index is -0.643. The van der Waals surface area contributed by atoms with Crippen LogP contribution >= 0.6 is 0 Å². The van der Waals surface area contributed by atoms with Crippen LogP contribution < -0.4 is 5.32 Å². The van der Waals surface area contributed by atoms with Crippen molar-refractivity contribution < 1.29 is 14.7 Å². The smallest absolute Gasteiger partial charge is 0.309 e. The number of nitrogens with one attached hydrogen (secondary N) is 1. The number of aliphatic carboxylic acids is 1. The Kier molecular flexibility index (Phi) is 2.88. The molecule has 4 nitrogen and oxygen atoms in total. The number of carbonyl (C=O) groups excluding carboxylic acids is 1. The van der Waals surface area contributed by atoms with Gasteiger partial charge in [0.05, 0.1) is 5.41 Å². The van der Waals surface area contributed by atoms with Gasteiger partial charge in [-0.3, -0.25) is 9.59 Å². The van der Waals surface area contributed by atoms with Crippen molar-refractivity contribution in [2.75, 3.05) is 0 Å². The van der Waals surface area contributed by atoms with Gasteiger partial charge in [0.25, 0.3) is 0 Å². The van der Waals surface area contributed by atoms with E-state index in [1.807, 2.05) is 6.92 Å². The summed E-state index contributed by atoms with van der Waals surface area (Å²) in [6, 6.07) is 0. The first-order valence-corrected chi connectivity index (χ1v) is 7.51. The van der Waals surface area contributed by atoms with Crippen molar-refractivity contribution in [2.24, 2.45) is 17.3 Å². The zero-order valence-corrected chi connectivity index (χ0v) is 11.6. The maximum absolute atomic E-state index is 11.9. The molecule has 0 aromatic heterocycles. The Morgan fingerprint density at radius 2 is 1.84 bits per heavy atom. The van der Waals surface area contributed by atoms with E-state index < -0.39 is 11.4 Å². The van der Waals surface area contributed by atoms with Crippen LogP contribution in [0.2, 0.25) is 0 Å². The van der Waals surface area contributed by atoms with Gasteiger partial charge in [-0.05, 0) is 56.8 Å². The number of hydrogen-bond donors (Lipinski definition) is 2. The number of carboxylic acids is 1. The average Bonchev–Trinajstić information content (AvgIpc) is 2.25. The molecule has 2 N–H and O–H groups in total. The van der Waals surface area contributed by atoms with E-state index in [-0.39, 0.29) is 11.4 Å². The molecular weight excluding hydrogens is 242 g/mol. The van der Waals surface area contributed by atoms with E-state index in [2.05, 4.69) is 5.32 Å². The largest absolute Gasteiger partial charge is 0.481 e. The van der Waals surface area contributed by atoms with Crippen molar-refractivity contribution in [1.29, 1.82) is 0 Å². The van der Waals surface area contributed by atoms with Gasteiger partial charge in [-0.2, -0.15) is 0 Å². The van der Waals surface area contributed by atoms with Gasteiger partial charge in [0.1, 0.15) is 0 Å². The van der Waals surface area contributed by atoms with Gasteiger partial charge in [0.2, 0.25) is 5.91 Å². The van der Waals surface area contributed by atoms with Crippen LogP contribution in [-0.2, 0) is 9.59 Å². The van der Waals surface area contributed by atoms with Gasteiger partial charge in [-0.15, -0.1) is 0 Å². The number of amides is 1. The van der Waals surface area contributed by atoms with Crippen molar-refractivity contribution in [3.8, 4) is 0 Å². The highest BCUT2D eigenvalue weighted by Crippen LogP contribution is 2.61. The minimum absolute atomic E-state index is 0.102. The van der Waals surface area contributed by atoms with E-state index >= 15 is 0 Å². The van der Waals surface area contributed by atoms with Gasteiger partial charge < -0.3 is 10.4 Å². The first-order chi connectivity index (χ1) is 8.97. The first kappa shape index (κ1) is 12.9. The van der Waals surface area contributed by atoms with Crippen LogP contribution in [0, 0.1) is 17.3 Å². The first-order valence-electron chi connectivity index (χ1n) is 7.51. The fraction of sp³-hybridized carbons (Fsp3) is 0.867. The second-order valence-electron chi connectivity index (χ2n) is 7.13. The third-order valence-corrected chi connectivity index (χ3v) is 5.40. The van der Waals surface area contributed by atoms with Crippen molar-refractivity contribution in [2.45, 2.75) is 63.8 Å². The third-order valence-electron chi connectivity index (χ3n) is 5.40. The number of carboxylic acid groups (broad SMARTS) is 1. The Labute approximate surface area is 113 Å².